The summed E-state index contributed by atoms with van der Waals surface area (Å²) in [6.07, 6.45) is 0.990. The Morgan fingerprint density at radius 1 is 1.11 bits per heavy atom. The Kier molecular flexibility index (Phi) is 6.01. The fraction of sp³-hybridized carbons (Fsp3) is 0.409. The number of aryl methyl sites for hydroxylation is 1. The number of rotatable bonds is 6. The van der Waals surface area contributed by atoms with Crippen molar-refractivity contribution in [2.75, 3.05) is 20.8 Å². The lowest BCUT2D eigenvalue weighted by Crippen LogP contribution is -2.46. The van der Waals surface area contributed by atoms with E-state index in [9.17, 15) is 4.79 Å². The molecule has 27 heavy (non-hydrogen) atoms. The standard InChI is InChI=1S/C22H28N2O3/c1-15-5-7-19-14-24(10-9-18(19)11-15)16(2)22(25)23-13-17-6-8-20(26-3)21(12-17)27-4/h5-8,11-12,16H,9-10,13-14H2,1-4H3,(H,23,25). The van der Waals surface area contributed by atoms with Gasteiger partial charge in [0.05, 0.1) is 20.3 Å². The molecule has 1 aliphatic rings. The van der Waals surface area contributed by atoms with E-state index in [0.717, 1.165) is 25.1 Å². The quantitative estimate of drug-likeness (QED) is 0.851. The Bertz CT molecular complexity index is 819. The van der Waals surface area contributed by atoms with Crippen molar-refractivity contribution in [2.24, 2.45) is 0 Å². The van der Waals surface area contributed by atoms with Gasteiger partial charge >= 0.3 is 0 Å². The number of fused-ring (bicyclic) bond motifs is 1. The molecule has 0 saturated heterocycles. The molecule has 2 aromatic rings. The highest BCUT2D eigenvalue weighted by Crippen LogP contribution is 2.27. The molecule has 144 valence electrons. The Balaban J connectivity index is 1.59. The molecular weight excluding hydrogens is 340 g/mol. The van der Waals surface area contributed by atoms with Crippen molar-refractivity contribution in [3.63, 3.8) is 0 Å². The van der Waals surface area contributed by atoms with Crippen LogP contribution in [0.25, 0.3) is 0 Å². The van der Waals surface area contributed by atoms with E-state index in [2.05, 4.69) is 35.3 Å². The highest BCUT2D eigenvalue weighted by molar-refractivity contribution is 5.81. The molecule has 0 fully saturated rings. The number of amides is 1. The summed E-state index contributed by atoms with van der Waals surface area (Å²) in [5.74, 6) is 1.39. The number of hydrogen-bond donors (Lipinski definition) is 1. The Morgan fingerprint density at radius 2 is 1.89 bits per heavy atom. The summed E-state index contributed by atoms with van der Waals surface area (Å²) in [4.78, 5) is 14.9. The van der Waals surface area contributed by atoms with E-state index in [1.54, 1.807) is 14.2 Å². The van der Waals surface area contributed by atoms with Crippen molar-refractivity contribution in [3.05, 3.63) is 58.7 Å². The third-order valence-corrected chi connectivity index (χ3v) is 5.25. The van der Waals surface area contributed by atoms with Crippen LogP contribution in [-0.4, -0.2) is 37.6 Å². The zero-order valence-electron chi connectivity index (χ0n) is 16.5. The van der Waals surface area contributed by atoms with Gasteiger partial charge in [0.15, 0.2) is 11.5 Å². The number of carbonyl (C=O) groups excluding carboxylic acids is 1. The molecule has 0 bridgehead atoms. The van der Waals surface area contributed by atoms with E-state index in [1.807, 2.05) is 25.1 Å². The molecule has 2 aromatic carbocycles. The molecule has 1 amide bonds. The largest absolute Gasteiger partial charge is 0.493 e. The van der Waals surface area contributed by atoms with E-state index >= 15 is 0 Å². The van der Waals surface area contributed by atoms with E-state index in [0.29, 0.717) is 18.0 Å². The predicted octanol–water partition coefficient (Wildman–Crippen LogP) is 3.08. The molecule has 0 spiro atoms. The van der Waals surface area contributed by atoms with Crippen molar-refractivity contribution in [1.82, 2.24) is 10.2 Å². The second-order valence-corrected chi connectivity index (χ2v) is 7.08. The van der Waals surface area contributed by atoms with Crippen LogP contribution in [0.1, 0.15) is 29.2 Å². The van der Waals surface area contributed by atoms with Crippen LogP contribution in [0.2, 0.25) is 0 Å². The summed E-state index contributed by atoms with van der Waals surface area (Å²) < 4.78 is 10.6. The predicted molar refractivity (Wildman–Crippen MR) is 106 cm³/mol. The van der Waals surface area contributed by atoms with Gasteiger partial charge in [0.2, 0.25) is 5.91 Å². The van der Waals surface area contributed by atoms with Gasteiger partial charge in [-0.05, 0) is 49.1 Å². The minimum absolute atomic E-state index is 0.0420. The van der Waals surface area contributed by atoms with Crippen molar-refractivity contribution in [1.29, 1.82) is 0 Å². The number of benzene rings is 2. The SMILES string of the molecule is COc1ccc(CNC(=O)C(C)N2CCc3cc(C)ccc3C2)cc1OC. The van der Waals surface area contributed by atoms with Crippen molar-refractivity contribution >= 4 is 5.91 Å². The first-order valence-electron chi connectivity index (χ1n) is 9.33. The second kappa shape index (κ2) is 8.44. The molecular formula is C22H28N2O3. The van der Waals surface area contributed by atoms with Crippen molar-refractivity contribution in [3.8, 4) is 11.5 Å². The smallest absolute Gasteiger partial charge is 0.237 e. The summed E-state index contributed by atoms with van der Waals surface area (Å²) in [6, 6.07) is 12.1. The molecule has 0 saturated carbocycles. The number of ether oxygens (including phenoxy) is 2. The molecule has 0 aromatic heterocycles. The molecule has 1 unspecified atom stereocenters. The lowest BCUT2D eigenvalue weighted by molar-refractivity contribution is -0.126. The fourth-order valence-electron chi connectivity index (χ4n) is 3.53. The molecule has 1 heterocycles. The molecule has 0 aliphatic carbocycles. The molecule has 0 radical (unpaired) electrons. The highest BCUT2D eigenvalue weighted by Gasteiger charge is 2.25. The van der Waals surface area contributed by atoms with Crippen molar-refractivity contribution < 1.29 is 14.3 Å². The zero-order valence-corrected chi connectivity index (χ0v) is 16.5. The van der Waals surface area contributed by atoms with Crippen LogP contribution in [0, 0.1) is 6.92 Å². The number of hydrogen-bond acceptors (Lipinski definition) is 4. The van der Waals surface area contributed by atoms with Crippen LogP contribution in [0.3, 0.4) is 0 Å². The van der Waals surface area contributed by atoms with Gasteiger partial charge < -0.3 is 14.8 Å². The van der Waals surface area contributed by atoms with Crippen LogP contribution >= 0.6 is 0 Å². The number of nitrogens with zero attached hydrogens (tertiary/aromatic N) is 1. The molecule has 1 atom stereocenters. The molecule has 5 nitrogen and oxygen atoms in total. The van der Waals surface area contributed by atoms with Gasteiger partial charge in [-0.3, -0.25) is 9.69 Å². The molecule has 5 heteroatoms. The summed E-state index contributed by atoms with van der Waals surface area (Å²) in [5.41, 5.74) is 5.01. The lowest BCUT2D eigenvalue weighted by Gasteiger charge is -2.33. The molecule has 1 aliphatic heterocycles. The summed E-state index contributed by atoms with van der Waals surface area (Å²) in [7, 11) is 3.22. The Hall–Kier alpha value is -2.53. The van der Waals surface area contributed by atoms with Gasteiger partial charge in [0.1, 0.15) is 0 Å². The normalized spacial score (nSPS) is 15.0. The van der Waals surface area contributed by atoms with Gasteiger partial charge in [-0.25, -0.2) is 0 Å². The van der Waals surface area contributed by atoms with Crippen LogP contribution in [0.4, 0.5) is 0 Å². The van der Waals surface area contributed by atoms with Gasteiger partial charge in [0, 0.05) is 19.6 Å². The van der Waals surface area contributed by atoms with E-state index in [-0.39, 0.29) is 11.9 Å². The Morgan fingerprint density at radius 3 is 2.63 bits per heavy atom. The van der Waals surface area contributed by atoms with Crippen LogP contribution in [-0.2, 0) is 24.3 Å². The third-order valence-electron chi connectivity index (χ3n) is 5.25. The summed E-state index contributed by atoms with van der Waals surface area (Å²) in [6.45, 7) is 6.29. The van der Waals surface area contributed by atoms with Gasteiger partial charge in [-0.1, -0.05) is 29.8 Å². The van der Waals surface area contributed by atoms with Crippen LogP contribution in [0.15, 0.2) is 36.4 Å². The van der Waals surface area contributed by atoms with Crippen molar-refractivity contribution in [2.45, 2.75) is 39.4 Å². The second-order valence-electron chi connectivity index (χ2n) is 7.08. The van der Waals surface area contributed by atoms with E-state index in [4.69, 9.17) is 9.47 Å². The topological polar surface area (TPSA) is 50.8 Å². The van der Waals surface area contributed by atoms with E-state index < -0.39 is 0 Å². The first kappa shape index (κ1) is 19.2. The van der Waals surface area contributed by atoms with E-state index in [1.165, 1.54) is 16.7 Å². The third kappa shape index (κ3) is 4.42. The molecule has 1 N–H and O–H groups in total. The maximum Gasteiger partial charge on any atom is 0.237 e. The zero-order chi connectivity index (χ0) is 19.4. The van der Waals surface area contributed by atoms with Gasteiger partial charge in [-0.15, -0.1) is 0 Å². The highest BCUT2D eigenvalue weighted by atomic mass is 16.5. The van der Waals surface area contributed by atoms with Gasteiger partial charge in [-0.2, -0.15) is 0 Å². The first-order valence-corrected chi connectivity index (χ1v) is 9.33. The number of carbonyl (C=O) groups is 1. The van der Waals surface area contributed by atoms with Gasteiger partial charge in [0.25, 0.3) is 0 Å². The van der Waals surface area contributed by atoms with Crippen LogP contribution in [0.5, 0.6) is 11.5 Å². The first-order chi connectivity index (χ1) is 13.0. The monoisotopic (exact) mass is 368 g/mol. The minimum atomic E-state index is -0.167. The number of methoxy groups -OCH3 is 2. The maximum absolute atomic E-state index is 12.7. The minimum Gasteiger partial charge on any atom is -0.493 e. The summed E-state index contributed by atoms with van der Waals surface area (Å²) in [5, 5.41) is 3.04. The van der Waals surface area contributed by atoms with Crippen LogP contribution < -0.4 is 14.8 Å². The Labute approximate surface area is 161 Å². The maximum atomic E-state index is 12.7. The fourth-order valence-corrected chi connectivity index (χ4v) is 3.53. The summed E-state index contributed by atoms with van der Waals surface area (Å²) >= 11 is 0. The number of nitrogens with one attached hydrogen (secondary N) is 1. The average molecular weight is 368 g/mol. The lowest BCUT2D eigenvalue weighted by atomic mass is 9.96. The average Bonchev–Trinajstić information content (AvgIpc) is 2.70. The molecule has 3 rings (SSSR count).